The molecule has 3 aromatic carbocycles. The number of pyridine rings is 1. The van der Waals surface area contributed by atoms with Gasteiger partial charge in [-0.25, -0.2) is 4.79 Å². The number of carbonyl (C=O) groups is 3. The number of benzene rings is 3. The van der Waals surface area contributed by atoms with E-state index in [2.05, 4.69) is 36.4 Å². The van der Waals surface area contributed by atoms with Gasteiger partial charge in [-0.15, -0.1) is 0 Å². The Kier molecular flexibility index (Phi) is 8.24. The number of ether oxygens (including phenoxy) is 1. The van der Waals surface area contributed by atoms with Gasteiger partial charge in [-0.05, 0) is 52.3 Å². The number of ketones is 1. The Balaban J connectivity index is 1.55. The molecule has 2 amide bonds. The molecule has 1 atom stereocenters. The number of fused-ring (bicyclic) bond motifs is 1. The average molecular weight is 526 g/mol. The number of Topliss-reactive ketones (excluding diaryl/α,β-unsaturated/α-hetero) is 1. The maximum atomic E-state index is 13.6. The van der Waals surface area contributed by atoms with E-state index in [0.717, 1.165) is 16.3 Å². The van der Waals surface area contributed by atoms with Gasteiger partial charge in [-0.2, -0.15) is 0 Å². The smallest absolute Gasteiger partial charge is 0.404 e. The average Bonchev–Trinajstić information content (AvgIpc) is 2.92. The molecule has 1 unspecified atom stereocenters. The molecule has 0 saturated heterocycles. The SMILES string of the molecule is CC(C)(C)c1cc2cnccc2cc1NC(=O)C(CNC(=O)O)c1ccc(OCC(=O)c2ccccc2)cc1. The number of nitrogens with one attached hydrogen (secondary N) is 2. The van der Waals surface area contributed by atoms with E-state index in [-0.39, 0.29) is 30.3 Å². The van der Waals surface area contributed by atoms with Crippen LogP contribution in [0.25, 0.3) is 10.8 Å². The highest BCUT2D eigenvalue weighted by molar-refractivity contribution is 6.00. The van der Waals surface area contributed by atoms with Crippen molar-refractivity contribution in [3.8, 4) is 5.75 Å². The molecule has 0 saturated carbocycles. The number of amides is 2. The topological polar surface area (TPSA) is 118 Å². The lowest BCUT2D eigenvalue weighted by Crippen LogP contribution is -2.34. The van der Waals surface area contributed by atoms with Crippen LogP contribution in [0.4, 0.5) is 10.5 Å². The lowest BCUT2D eigenvalue weighted by atomic mass is 9.84. The summed E-state index contributed by atoms with van der Waals surface area (Å²) in [6.45, 7) is 5.94. The van der Waals surface area contributed by atoms with Crippen LogP contribution in [-0.2, 0) is 10.2 Å². The van der Waals surface area contributed by atoms with Gasteiger partial charge in [0, 0.05) is 35.6 Å². The summed E-state index contributed by atoms with van der Waals surface area (Å²) in [5.41, 5.74) is 2.49. The van der Waals surface area contributed by atoms with E-state index in [1.807, 2.05) is 24.3 Å². The highest BCUT2D eigenvalue weighted by Gasteiger charge is 2.25. The van der Waals surface area contributed by atoms with Crippen LogP contribution in [0.1, 0.15) is 48.2 Å². The lowest BCUT2D eigenvalue weighted by Gasteiger charge is -2.25. The number of nitrogens with zero attached hydrogens (tertiary/aromatic N) is 1. The molecule has 3 N–H and O–H groups in total. The normalized spacial score (nSPS) is 12.0. The molecule has 0 bridgehead atoms. The van der Waals surface area contributed by atoms with E-state index in [1.54, 1.807) is 60.9 Å². The fourth-order valence-electron chi connectivity index (χ4n) is 4.28. The Labute approximate surface area is 227 Å². The molecule has 8 heteroatoms. The third kappa shape index (κ3) is 6.98. The van der Waals surface area contributed by atoms with Crippen LogP contribution in [0, 0.1) is 0 Å². The molecule has 0 fully saturated rings. The van der Waals surface area contributed by atoms with Gasteiger partial charge in [-0.3, -0.25) is 14.6 Å². The predicted octanol–water partition coefficient (Wildman–Crippen LogP) is 5.78. The Hall–Kier alpha value is -4.72. The zero-order valence-electron chi connectivity index (χ0n) is 22.1. The van der Waals surface area contributed by atoms with Crippen LogP contribution in [0.15, 0.2) is 85.2 Å². The van der Waals surface area contributed by atoms with Gasteiger partial charge in [0.05, 0.1) is 5.92 Å². The predicted molar refractivity (Wildman–Crippen MR) is 151 cm³/mol. The fraction of sp³-hybridized carbons (Fsp3) is 0.226. The number of carboxylic acid groups (broad SMARTS) is 1. The van der Waals surface area contributed by atoms with Crippen LogP contribution in [0.5, 0.6) is 5.75 Å². The quantitative estimate of drug-likeness (QED) is 0.238. The number of anilines is 1. The summed E-state index contributed by atoms with van der Waals surface area (Å²) in [6.07, 6.45) is 2.26. The molecule has 0 aliphatic carbocycles. The zero-order chi connectivity index (χ0) is 28.0. The van der Waals surface area contributed by atoms with Crippen LogP contribution in [0.2, 0.25) is 0 Å². The molecular weight excluding hydrogens is 494 g/mol. The Bertz CT molecular complexity index is 1480. The third-order valence-corrected chi connectivity index (χ3v) is 6.36. The Morgan fingerprint density at radius 3 is 2.33 bits per heavy atom. The van der Waals surface area contributed by atoms with E-state index >= 15 is 0 Å². The van der Waals surface area contributed by atoms with Gasteiger partial charge in [0.2, 0.25) is 5.91 Å². The molecule has 200 valence electrons. The molecular formula is C31H31N3O5. The maximum absolute atomic E-state index is 13.6. The van der Waals surface area contributed by atoms with Crippen molar-refractivity contribution >= 4 is 34.2 Å². The minimum atomic E-state index is -1.22. The van der Waals surface area contributed by atoms with Crippen LogP contribution in [0.3, 0.4) is 0 Å². The minimum absolute atomic E-state index is 0.115. The largest absolute Gasteiger partial charge is 0.485 e. The zero-order valence-corrected chi connectivity index (χ0v) is 22.1. The lowest BCUT2D eigenvalue weighted by molar-refractivity contribution is -0.117. The number of hydrogen-bond donors (Lipinski definition) is 3. The van der Waals surface area contributed by atoms with Gasteiger partial charge in [0.15, 0.2) is 12.4 Å². The number of rotatable bonds is 9. The Morgan fingerprint density at radius 2 is 1.67 bits per heavy atom. The molecule has 0 spiro atoms. The number of hydrogen-bond acceptors (Lipinski definition) is 5. The maximum Gasteiger partial charge on any atom is 0.404 e. The number of carbonyl (C=O) groups excluding carboxylic acids is 2. The molecule has 1 aromatic heterocycles. The molecule has 8 nitrogen and oxygen atoms in total. The standard InChI is InChI=1S/C31H31N3O5/c1-31(2,3)26-15-23-17-32-14-13-22(23)16-27(26)34-29(36)25(18-33-30(37)38)20-9-11-24(12-10-20)39-19-28(35)21-7-5-4-6-8-21/h4-17,25,33H,18-19H2,1-3H3,(H,34,36)(H,37,38). The summed E-state index contributed by atoms with van der Waals surface area (Å²) in [5, 5.41) is 16.5. The first-order chi connectivity index (χ1) is 18.6. The summed E-state index contributed by atoms with van der Waals surface area (Å²) in [4.78, 5) is 41.4. The van der Waals surface area contributed by atoms with E-state index in [9.17, 15) is 19.5 Å². The second-order valence-electron chi connectivity index (χ2n) is 10.2. The van der Waals surface area contributed by atoms with Crippen molar-refractivity contribution in [1.29, 1.82) is 0 Å². The van der Waals surface area contributed by atoms with Crippen molar-refractivity contribution in [1.82, 2.24) is 10.3 Å². The molecule has 4 rings (SSSR count). The highest BCUT2D eigenvalue weighted by atomic mass is 16.5. The van der Waals surface area contributed by atoms with E-state index in [0.29, 0.717) is 22.6 Å². The van der Waals surface area contributed by atoms with Crippen molar-refractivity contribution in [2.45, 2.75) is 32.1 Å². The summed E-state index contributed by atoms with van der Waals surface area (Å²) in [5.74, 6) is -0.840. The molecule has 39 heavy (non-hydrogen) atoms. The second kappa shape index (κ2) is 11.8. The van der Waals surface area contributed by atoms with E-state index in [4.69, 9.17) is 4.74 Å². The molecule has 0 radical (unpaired) electrons. The summed E-state index contributed by atoms with van der Waals surface area (Å²) in [7, 11) is 0. The monoisotopic (exact) mass is 525 g/mol. The molecule has 0 aliphatic rings. The molecule has 4 aromatic rings. The van der Waals surface area contributed by atoms with Crippen molar-refractivity contribution in [3.05, 3.63) is 102 Å². The van der Waals surface area contributed by atoms with Crippen molar-refractivity contribution < 1.29 is 24.2 Å². The number of aromatic nitrogens is 1. The van der Waals surface area contributed by atoms with E-state index in [1.165, 1.54) is 0 Å². The minimum Gasteiger partial charge on any atom is -0.485 e. The second-order valence-corrected chi connectivity index (χ2v) is 10.2. The van der Waals surface area contributed by atoms with Crippen molar-refractivity contribution in [3.63, 3.8) is 0 Å². The van der Waals surface area contributed by atoms with Crippen molar-refractivity contribution in [2.24, 2.45) is 0 Å². The molecule has 0 aliphatic heterocycles. The van der Waals surface area contributed by atoms with E-state index < -0.39 is 12.0 Å². The highest BCUT2D eigenvalue weighted by Crippen LogP contribution is 2.34. The van der Waals surface area contributed by atoms with Gasteiger partial charge in [0.1, 0.15) is 5.75 Å². The van der Waals surface area contributed by atoms with Gasteiger partial charge in [0.25, 0.3) is 0 Å². The first kappa shape index (κ1) is 27.3. The molecule has 1 heterocycles. The van der Waals surface area contributed by atoms with Gasteiger partial charge in [-0.1, -0.05) is 63.2 Å². The van der Waals surface area contributed by atoms with Gasteiger partial charge < -0.3 is 20.5 Å². The summed E-state index contributed by atoms with van der Waals surface area (Å²) in [6, 6.07) is 21.4. The fourth-order valence-corrected chi connectivity index (χ4v) is 4.28. The van der Waals surface area contributed by atoms with Crippen LogP contribution in [-0.4, -0.2) is 41.0 Å². The summed E-state index contributed by atoms with van der Waals surface area (Å²) >= 11 is 0. The third-order valence-electron chi connectivity index (χ3n) is 6.36. The van der Waals surface area contributed by atoms with Crippen LogP contribution < -0.4 is 15.4 Å². The summed E-state index contributed by atoms with van der Waals surface area (Å²) < 4.78 is 5.64. The van der Waals surface area contributed by atoms with Crippen LogP contribution >= 0.6 is 0 Å². The van der Waals surface area contributed by atoms with Gasteiger partial charge >= 0.3 is 6.09 Å². The Morgan fingerprint density at radius 1 is 0.949 bits per heavy atom. The first-order valence-electron chi connectivity index (χ1n) is 12.6. The van der Waals surface area contributed by atoms with Crippen molar-refractivity contribution in [2.75, 3.05) is 18.5 Å². The first-order valence-corrected chi connectivity index (χ1v) is 12.6.